The maximum atomic E-state index is 13.0. The highest BCUT2D eigenvalue weighted by molar-refractivity contribution is 7.93. The summed E-state index contributed by atoms with van der Waals surface area (Å²) in [4.78, 5) is 13.0. The lowest BCUT2D eigenvalue weighted by Crippen LogP contribution is -2.35. The number of carbonyl (C=O) groups is 1. The number of nitrogens with one attached hydrogen (secondary N) is 1. The zero-order valence-corrected chi connectivity index (χ0v) is 17.2. The molecule has 1 saturated carbocycles. The van der Waals surface area contributed by atoms with E-state index in [1.165, 1.54) is 17.1 Å². The van der Waals surface area contributed by atoms with Crippen LogP contribution in [0.15, 0.2) is 65.6 Å². The molecule has 0 aromatic heterocycles. The van der Waals surface area contributed by atoms with Crippen molar-refractivity contribution in [3.63, 3.8) is 0 Å². The second-order valence-corrected chi connectivity index (χ2v) is 9.57. The normalized spacial score (nSPS) is 17.4. The Labute approximate surface area is 175 Å². The molecule has 1 N–H and O–H groups in total. The number of ether oxygens (including phenoxy) is 1. The summed E-state index contributed by atoms with van der Waals surface area (Å²) >= 11 is 0. The van der Waals surface area contributed by atoms with Gasteiger partial charge in [-0.1, -0.05) is 30.3 Å². The van der Waals surface area contributed by atoms with E-state index in [4.69, 9.17) is 4.74 Å². The average Bonchev–Trinajstić information content (AvgIpc) is 3.31. The molecule has 0 saturated heterocycles. The molecular weight excluding hydrogens is 400 g/mol. The Morgan fingerprint density at radius 3 is 2.57 bits per heavy atom. The average molecular weight is 423 g/mol. The standard InChI is InChI=1S/C23H22N2O4S/c26-22(24-17-8-5-11-19(14-17)29-18-9-1-2-10-18)15-25-20-12-3-6-16-7-4-13-21(23(16)20)30(25,27)28/h3-8,11-14,18H,1-2,9-10,15H2,(H,24,26). The number of nitrogens with zero attached hydrogens (tertiary/aromatic N) is 1. The smallest absolute Gasteiger partial charge is 0.265 e. The van der Waals surface area contributed by atoms with Crippen LogP contribution >= 0.6 is 0 Å². The van der Waals surface area contributed by atoms with Crippen molar-refractivity contribution >= 4 is 38.1 Å². The minimum atomic E-state index is -3.76. The number of hydrogen-bond donors (Lipinski definition) is 1. The molecule has 0 atom stereocenters. The van der Waals surface area contributed by atoms with Crippen molar-refractivity contribution in [3.05, 3.63) is 60.7 Å². The minimum Gasteiger partial charge on any atom is -0.490 e. The van der Waals surface area contributed by atoms with E-state index in [0.29, 0.717) is 22.5 Å². The molecule has 5 rings (SSSR count). The minimum absolute atomic E-state index is 0.227. The summed E-state index contributed by atoms with van der Waals surface area (Å²) in [6.45, 7) is -0.288. The highest BCUT2D eigenvalue weighted by Gasteiger charge is 2.36. The summed E-state index contributed by atoms with van der Waals surface area (Å²) in [5, 5.41) is 4.31. The molecule has 1 aliphatic heterocycles. The maximum absolute atomic E-state index is 13.0. The van der Waals surface area contributed by atoms with Crippen LogP contribution in [0.5, 0.6) is 5.75 Å². The summed E-state index contributed by atoms with van der Waals surface area (Å²) in [6, 6.07) is 17.8. The first-order chi connectivity index (χ1) is 14.5. The van der Waals surface area contributed by atoms with E-state index >= 15 is 0 Å². The van der Waals surface area contributed by atoms with Crippen LogP contribution in [0.1, 0.15) is 25.7 Å². The van der Waals surface area contributed by atoms with Crippen molar-refractivity contribution in [2.24, 2.45) is 0 Å². The molecular formula is C23H22N2O4S. The largest absolute Gasteiger partial charge is 0.490 e. The molecule has 0 unspecified atom stereocenters. The lowest BCUT2D eigenvalue weighted by Gasteiger charge is -2.19. The quantitative estimate of drug-likeness (QED) is 0.665. The van der Waals surface area contributed by atoms with E-state index in [1.54, 1.807) is 36.4 Å². The first-order valence-electron chi connectivity index (χ1n) is 10.1. The molecule has 1 amide bonds. The van der Waals surface area contributed by atoms with Gasteiger partial charge in [-0.05, 0) is 55.3 Å². The molecule has 7 heteroatoms. The SMILES string of the molecule is O=C(CN1c2cccc3cccc(c23)S1(=O)=O)Nc1cccc(OC2CCCC2)c1. The number of rotatable bonds is 5. The lowest BCUT2D eigenvalue weighted by molar-refractivity contribution is -0.114. The summed E-state index contributed by atoms with van der Waals surface area (Å²) in [7, 11) is -3.76. The van der Waals surface area contributed by atoms with Gasteiger partial charge in [-0.25, -0.2) is 8.42 Å². The van der Waals surface area contributed by atoms with E-state index in [-0.39, 0.29) is 17.5 Å². The molecule has 154 valence electrons. The van der Waals surface area contributed by atoms with Crippen LogP contribution in [0.3, 0.4) is 0 Å². The number of carbonyl (C=O) groups excluding carboxylic acids is 1. The molecule has 0 radical (unpaired) electrons. The van der Waals surface area contributed by atoms with Gasteiger partial charge in [0.1, 0.15) is 12.3 Å². The Balaban J connectivity index is 1.35. The van der Waals surface area contributed by atoms with Gasteiger partial charge in [0.2, 0.25) is 5.91 Å². The zero-order valence-electron chi connectivity index (χ0n) is 16.4. The van der Waals surface area contributed by atoms with E-state index in [9.17, 15) is 13.2 Å². The molecule has 6 nitrogen and oxygen atoms in total. The fourth-order valence-electron chi connectivity index (χ4n) is 4.31. The van der Waals surface area contributed by atoms with Gasteiger partial charge in [0.05, 0.1) is 16.7 Å². The predicted octanol–water partition coefficient (Wildman–Crippen LogP) is 4.31. The van der Waals surface area contributed by atoms with Crippen molar-refractivity contribution < 1.29 is 17.9 Å². The molecule has 1 fully saturated rings. The van der Waals surface area contributed by atoms with Gasteiger partial charge in [-0.2, -0.15) is 0 Å². The van der Waals surface area contributed by atoms with E-state index < -0.39 is 15.9 Å². The number of benzene rings is 3. The highest BCUT2D eigenvalue weighted by atomic mass is 32.2. The van der Waals surface area contributed by atoms with Crippen LogP contribution in [-0.2, 0) is 14.8 Å². The van der Waals surface area contributed by atoms with Crippen LogP contribution in [0, 0.1) is 0 Å². The van der Waals surface area contributed by atoms with E-state index in [2.05, 4.69) is 5.32 Å². The van der Waals surface area contributed by atoms with Crippen LogP contribution < -0.4 is 14.4 Å². The Bertz CT molecular complexity index is 1230. The third-order valence-corrected chi connectivity index (χ3v) is 7.49. The van der Waals surface area contributed by atoms with Gasteiger partial charge >= 0.3 is 0 Å². The Morgan fingerprint density at radius 2 is 1.77 bits per heavy atom. The maximum Gasteiger partial charge on any atom is 0.265 e. The van der Waals surface area contributed by atoms with Crippen LogP contribution in [0.2, 0.25) is 0 Å². The van der Waals surface area contributed by atoms with Gasteiger partial charge in [0, 0.05) is 17.1 Å². The third kappa shape index (κ3) is 3.29. The van der Waals surface area contributed by atoms with Gasteiger partial charge < -0.3 is 10.1 Å². The summed E-state index contributed by atoms with van der Waals surface area (Å²) in [5.74, 6) is 0.312. The zero-order chi connectivity index (χ0) is 20.7. The Kier molecular flexibility index (Phi) is 4.62. The summed E-state index contributed by atoms with van der Waals surface area (Å²) < 4.78 is 33.2. The third-order valence-electron chi connectivity index (χ3n) is 5.69. The summed E-state index contributed by atoms with van der Waals surface area (Å²) in [6.07, 6.45) is 4.69. The van der Waals surface area contributed by atoms with Crippen molar-refractivity contribution in [1.29, 1.82) is 0 Å². The van der Waals surface area contributed by atoms with Crippen LogP contribution in [-0.4, -0.2) is 27.0 Å². The molecule has 1 aliphatic carbocycles. The lowest BCUT2D eigenvalue weighted by atomic mass is 10.1. The van der Waals surface area contributed by atoms with Crippen LogP contribution in [0.25, 0.3) is 10.8 Å². The monoisotopic (exact) mass is 422 g/mol. The number of sulfonamides is 1. The van der Waals surface area contributed by atoms with Gasteiger partial charge in [-0.3, -0.25) is 9.10 Å². The van der Waals surface area contributed by atoms with Crippen LogP contribution in [0.4, 0.5) is 11.4 Å². The van der Waals surface area contributed by atoms with E-state index in [1.807, 2.05) is 24.3 Å². The van der Waals surface area contributed by atoms with Crippen molar-refractivity contribution in [2.75, 3.05) is 16.2 Å². The van der Waals surface area contributed by atoms with Gasteiger partial charge in [0.15, 0.2) is 0 Å². The van der Waals surface area contributed by atoms with E-state index in [0.717, 1.165) is 18.2 Å². The number of anilines is 2. The molecule has 0 bridgehead atoms. The van der Waals surface area contributed by atoms with Crippen molar-refractivity contribution in [3.8, 4) is 5.75 Å². The second-order valence-electron chi connectivity index (χ2n) is 7.74. The number of hydrogen-bond acceptors (Lipinski definition) is 4. The molecule has 30 heavy (non-hydrogen) atoms. The summed E-state index contributed by atoms with van der Waals surface area (Å²) in [5.41, 5.74) is 1.12. The van der Waals surface area contributed by atoms with Crippen molar-refractivity contribution in [1.82, 2.24) is 0 Å². The number of amides is 1. The first kappa shape index (κ1) is 18.9. The molecule has 3 aromatic rings. The van der Waals surface area contributed by atoms with Gasteiger partial charge in [0.25, 0.3) is 10.0 Å². The predicted molar refractivity (Wildman–Crippen MR) is 116 cm³/mol. The molecule has 0 spiro atoms. The Hall–Kier alpha value is -3.06. The molecule has 3 aromatic carbocycles. The topological polar surface area (TPSA) is 75.7 Å². The second kappa shape index (κ2) is 7.32. The first-order valence-corrected chi connectivity index (χ1v) is 11.6. The van der Waals surface area contributed by atoms with Gasteiger partial charge in [-0.15, -0.1) is 0 Å². The fraction of sp³-hybridized carbons (Fsp3) is 0.261. The highest BCUT2D eigenvalue weighted by Crippen LogP contribution is 2.41. The fourth-order valence-corrected chi connectivity index (χ4v) is 5.97. The van der Waals surface area contributed by atoms with Crippen molar-refractivity contribution in [2.45, 2.75) is 36.7 Å². The molecule has 2 aliphatic rings. The molecule has 1 heterocycles. The Morgan fingerprint density at radius 1 is 1.03 bits per heavy atom.